The zero-order valence-electron chi connectivity index (χ0n) is 11.5. The molecule has 1 saturated heterocycles. The van der Waals surface area contributed by atoms with E-state index in [1.165, 1.54) is 0 Å². The Morgan fingerprint density at radius 2 is 2.17 bits per heavy atom. The fourth-order valence-electron chi connectivity index (χ4n) is 3.05. The Balaban J connectivity index is 1.85. The molecule has 104 valence electrons. The van der Waals surface area contributed by atoms with Crippen LogP contribution in [0.25, 0.3) is 0 Å². The van der Waals surface area contributed by atoms with E-state index in [4.69, 9.17) is 4.74 Å². The Hall–Kier alpha value is -0.610. The van der Waals surface area contributed by atoms with Crippen LogP contribution in [-0.4, -0.2) is 36.4 Å². The number of carbonyl (C=O) groups excluding carboxylic acids is 1. The van der Waals surface area contributed by atoms with E-state index in [0.29, 0.717) is 13.2 Å². The molecule has 0 aromatic rings. The van der Waals surface area contributed by atoms with Gasteiger partial charge in [-0.3, -0.25) is 4.79 Å². The highest BCUT2D eigenvalue weighted by Crippen LogP contribution is 2.45. The predicted octanol–water partition coefficient (Wildman–Crippen LogP) is 1.47. The van der Waals surface area contributed by atoms with E-state index in [1.807, 2.05) is 0 Å². The Bertz CT molecular complexity index is 310. The van der Waals surface area contributed by atoms with Gasteiger partial charge in [-0.1, -0.05) is 13.8 Å². The maximum atomic E-state index is 12.0. The molecule has 0 aromatic carbocycles. The lowest BCUT2D eigenvalue weighted by molar-refractivity contribution is -0.131. The Morgan fingerprint density at radius 1 is 1.39 bits per heavy atom. The van der Waals surface area contributed by atoms with Gasteiger partial charge in [-0.05, 0) is 37.5 Å². The van der Waals surface area contributed by atoms with Crippen LogP contribution < -0.4 is 5.32 Å². The molecule has 2 fully saturated rings. The summed E-state index contributed by atoms with van der Waals surface area (Å²) in [6.45, 7) is 5.81. The summed E-state index contributed by atoms with van der Waals surface area (Å²) in [5.41, 5.74) is -0.860. The summed E-state index contributed by atoms with van der Waals surface area (Å²) < 4.78 is 5.32. The smallest absolute Gasteiger partial charge is 0.225 e. The third-order valence-corrected chi connectivity index (χ3v) is 4.74. The standard InChI is InChI=1S/C14H25NO3/c1-13(2)6-4-7-14(13,17)10-15-12(16)11-5-3-8-18-9-11/h11,17H,3-10H2,1-2H3,(H,15,16)/t11-,14-/m0/s1. The SMILES string of the molecule is CC1(C)CCC[C@]1(O)CNC(=O)[C@H]1CCCOC1. The first-order valence-corrected chi connectivity index (χ1v) is 7.02. The van der Waals surface area contributed by atoms with Crippen molar-refractivity contribution in [2.45, 2.75) is 51.6 Å². The average Bonchev–Trinajstić information content (AvgIpc) is 2.62. The van der Waals surface area contributed by atoms with Gasteiger partial charge in [0.05, 0.1) is 18.1 Å². The summed E-state index contributed by atoms with van der Waals surface area (Å²) in [4.78, 5) is 12.0. The molecule has 1 aliphatic heterocycles. The molecule has 1 amide bonds. The monoisotopic (exact) mass is 255 g/mol. The second kappa shape index (κ2) is 5.17. The quantitative estimate of drug-likeness (QED) is 0.803. The van der Waals surface area contributed by atoms with E-state index >= 15 is 0 Å². The van der Waals surface area contributed by atoms with Gasteiger partial charge in [-0.15, -0.1) is 0 Å². The van der Waals surface area contributed by atoms with Crippen molar-refractivity contribution < 1.29 is 14.6 Å². The number of hydrogen-bond donors (Lipinski definition) is 2. The molecule has 1 aliphatic carbocycles. The molecule has 0 bridgehead atoms. The maximum Gasteiger partial charge on any atom is 0.225 e. The van der Waals surface area contributed by atoms with Crippen LogP contribution in [0.1, 0.15) is 46.0 Å². The summed E-state index contributed by atoms with van der Waals surface area (Å²) in [5, 5.41) is 13.5. The first kappa shape index (κ1) is 13.8. The highest BCUT2D eigenvalue weighted by Gasteiger charge is 2.47. The number of carbonyl (C=O) groups is 1. The number of aliphatic hydroxyl groups is 1. The largest absolute Gasteiger partial charge is 0.387 e. The van der Waals surface area contributed by atoms with Crippen LogP contribution >= 0.6 is 0 Å². The summed E-state index contributed by atoms with van der Waals surface area (Å²) in [6.07, 6.45) is 4.68. The van der Waals surface area contributed by atoms with E-state index in [1.54, 1.807) is 0 Å². The van der Waals surface area contributed by atoms with E-state index in [0.717, 1.165) is 38.7 Å². The van der Waals surface area contributed by atoms with Gasteiger partial charge in [0.2, 0.25) is 5.91 Å². The highest BCUT2D eigenvalue weighted by atomic mass is 16.5. The molecule has 1 heterocycles. The Kier molecular flexibility index (Phi) is 3.97. The normalized spacial score (nSPS) is 35.4. The molecule has 0 aromatic heterocycles. The van der Waals surface area contributed by atoms with Crippen molar-refractivity contribution in [1.82, 2.24) is 5.32 Å². The van der Waals surface area contributed by atoms with Gasteiger partial charge in [0.15, 0.2) is 0 Å². The molecule has 2 aliphatic rings. The van der Waals surface area contributed by atoms with Gasteiger partial charge in [-0.25, -0.2) is 0 Å². The van der Waals surface area contributed by atoms with Crippen LogP contribution in [0.15, 0.2) is 0 Å². The van der Waals surface area contributed by atoms with Crippen molar-refractivity contribution in [3.63, 3.8) is 0 Å². The minimum absolute atomic E-state index is 0.0332. The molecule has 2 atom stereocenters. The summed E-state index contributed by atoms with van der Waals surface area (Å²) in [5.74, 6) is -0.00214. The summed E-state index contributed by atoms with van der Waals surface area (Å²) >= 11 is 0. The lowest BCUT2D eigenvalue weighted by atomic mass is 9.77. The maximum absolute atomic E-state index is 12.0. The molecule has 2 N–H and O–H groups in total. The van der Waals surface area contributed by atoms with Crippen LogP contribution in [0.3, 0.4) is 0 Å². The van der Waals surface area contributed by atoms with Crippen molar-refractivity contribution in [3.8, 4) is 0 Å². The molecule has 18 heavy (non-hydrogen) atoms. The number of hydrogen-bond acceptors (Lipinski definition) is 3. The van der Waals surface area contributed by atoms with Gasteiger partial charge in [0.25, 0.3) is 0 Å². The van der Waals surface area contributed by atoms with Crippen molar-refractivity contribution >= 4 is 5.91 Å². The molecular formula is C14H25NO3. The van der Waals surface area contributed by atoms with Gasteiger partial charge < -0.3 is 15.2 Å². The number of amides is 1. The van der Waals surface area contributed by atoms with Crippen LogP contribution in [-0.2, 0) is 9.53 Å². The molecule has 4 nitrogen and oxygen atoms in total. The fourth-order valence-corrected chi connectivity index (χ4v) is 3.05. The molecule has 0 unspecified atom stereocenters. The third-order valence-electron chi connectivity index (χ3n) is 4.74. The van der Waals surface area contributed by atoms with E-state index < -0.39 is 5.60 Å². The first-order chi connectivity index (χ1) is 8.45. The number of rotatable bonds is 3. The minimum atomic E-state index is -0.752. The summed E-state index contributed by atoms with van der Waals surface area (Å²) in [6, 6.07) is 0. The molecule has 4 heteroatoms. The van der Waals surface area contributed by atoms with Crippen LogP contribution in [0, 0.1) is 11.3 Å². The third kappa shape index (κ3) is 2.69. The molecule has 2 rings (SSSR count). The summed E-state index contributed by atoms with van der Waals surface area (Å²) in [7, 11) is 0. The molecule has 1 saturated carbocycles. The van der Waals surface area contributed by atoms with E-state index in [9.17, 15) is 9.90 Å². The second-order valence-corrected chi connectivity index (χ2v) is 6.40. The predicted molar refractivity (Wildman–Crippen MR) is 69.1 cm³/mol. The second-order valence-electron chi connectivity index (χ2n) is 6.40. The molecule has 0 spiro atoms. The van der Waals surface area contributed by atoms with Crippen molar-refractivity contribution in [2.24, 2.45) is 11.3 Å². The number of ether oxygens (including phenoxy) is 1. The van der Waals surface area contributed by atoms with Crippen molar-refractivity contribution in [1.29, 1.82) is 0 Å². The molecule has 0 radical (unpaired) electrons. The van der Waals surface area contributed by atoms with E-state index in [-0.39, 0.29) is 17.2 Å². The topological polar surface area (TPSA) is 58.6 Å². The van der Waals surface area contributed by atoms with Crippen LogP contribution in [0.5, 0.6) is 0 Å². The lowest BCUT2D eigenvalue weighted by Crippen LogP contribution is -2.51. The fraction of sp³-hybridized carbons (Fsp3) is 0.929. The number of nitrogens with one attached hydrogen (secondary N) is 1. The van der Waals surface area contributed by atoms with Crippen molar-refractivity contribution in [2.75, 3.05) is 19.8 Å². The van der Waals surface area contributed by atoms with Gasteiger partial charge in [0.1, 0.15) is 0 Å². The van der Waals surface area contributed by atoms with Crippen LogP contribution in [0.2, 0.25) is 0 Å². The zero-order chi connectivity index (χ0) is 13.2. The first-order valence-electron chi connectivity index (χ1n) is 7.02. The lowest BCUT2D eigenvalue weighted by Gasteiger charge is -2.37. The van der Waals surface area contributed by atoms with Crippen molar-refractivity contribution in [3.05, 3.63) is 0 Å². The highest BCUT2D eigenvalue weighted by molar-refractivity contribution is 5.78. The van der Waals surface area contributed by atoms with E-state index in [2.05, 4.69) is 19.2 Å². The Labute approximate surface area is 109 Å². The van der Waals surface area contributed by atoms with Gasteiger partial charge in [-0.2, -0.15) is 0 Å². The minimum Gasteiger partial charge on any atom is -0.387 e. The molecular weight excluding hydrogens is 230 g/mol. The Morgan fingerprint density at radius 3 is 2.72 bits per heavy atom. The van der Waals surface area contributed by atoms with Gasteiger partial charge >= 0.3 is 0 Å². The average molecular weight is 255 g/mol. The zero-order valence-corrected chi connectivity index (χ0v) is 11.5. The van der Waals surface area contributed by atoms with Crippen LogP contribution in [0.4, 0.5) is 0 Å². The van der Waals surface area contributed by atoms with Gasteiger partial charge in [0, 0.05) is 13.2 Å².